The van der Waals surface area contributed by atoms with Crippen LogP contribution in [0.5, 0.6) is 0 Å². The zero-order chi connectivity index (χ0) is 15.9. The van der Waals surface area contributed by atoms with Crippen molar-refractivity contribution in [2.24, 2.45) is 17.5 Å². The van der Waals surface area contributed by atoms with Gasteiger partial charge in [0.05, 0.1) is 6.54 Å². The van der Waals surface area contributed by atoms with Crippen molar-refractivity contribution in [3.63, 3.8) is 0 Å². The first-order valence-electron chi connectivity index (χ1n) is 8.11. The maximum atomic E-state index is 12.2. The van der Waals surface area contributed by atoms with E-state index in [9.17, 15) is 9.90 Å². The van der Waals surface area contributed by atoms with Gasteiger partial charge in [0.15, 0.2) is 0 Å². The molecule has 122 valence electrons. The molecule has 2 rings (SSSR count). The summed E-state index contributed by atoms with van der Waals surface area (Å²) in [7, 11) is 0. The molecule has 1 aromatic rings. The van der Waals surface area contributed by atoms with Gasteiger partial charge in [-0.1, -0.05) is 62.4 Å². The van der Waals surface area contributed by atoms with Gasteiger partial charge in [0, 0.05) is 6.04 Å². The Bertz CT molecular complexity index is 460. The zero-order valence-electron chi connectivity index (χ0n) is 13.0. The Morgan fingerprint density at radius 3 is 2.50 bits per heavy atom. The third kappa shape index (κ3) is 4.80. The van der Waals surface area contributed by atoms with E-state index in [4.69, 9.17) is 11.6 Å². The third-order valence-corrected chi connectivity index (χ3v) is 4.47. The molecule has 0 spiro atoms. The number of aliphatic hydroxyl groups excluding tert-OH is 1. The van der Waals surface area contributed by atoms with E-state index in [1.54, 1.807) is 0 Å². The summed E-state index contributed by atoms with van der Waals surface area (Å²) in [6.45, 7) is 0.271. The highest BCUT2D eigenvalue weighted by atomic mass is 16.3. The molecule has 1 saturated carbocycles. The van der Waals surface area contributed by atoms with Gasteiger partial charge >= 0.3 is 0 Å². The fourth-order valence-corrected chi connectivity index (χ4v) is 3.15. The summed E-state index contributed by atoms with van der Waals surface area (Å²) >= 11 is 0. The zero-order valence-corrected chi connectivity index (χ0v) is 13.0. The van der Waals surface area contributed by atoms with Gasteiger partial charge in [0.25, 0.3) is 5.91 Å². The molecule has 22 heavy (non-hydrogen) atoms. The van der Waals surface area contributed by atoms with Crippen LogP contribution in [0.2, 0.25) is 0 Å². The fraction of sp³-hybridized carbons (Fsp3) is 0.588. The number of rotatable bonds is 6. The first-order valence-corrected chi connectivity index (χ1v) is 8.11. The van der Waals surface area contributed by atoms with Crippen molar-refractivity contribution in [3.8, 4) is 0 Å². The van der Waals surface area contributed by atoms with Crippen molar-refractivity contribution >= 4 is 5.91 Å². The molecule has 0 radical (unpaired) electrons. The van der Waals surface area contributed by atoms with Crippen molar-refractivity contribution in [1.82, 2.24) is 5.01 Å². The number of aliphatic hydroxyl groups is 1. The summed E-state index contributed by atoms with van der Waals surface area (Å²) < 4.78 is 0. The summed E-state index contributed by atoms with van der Waals surface area (Å²) in [4.78, 5) is 12.2. The number of hydrogen-bond donors (Lipinski definition) is 3. The quantitative estimate of drug-likeness (QED) is 0.422. The van der Waals surface area contributed by atoms with E-state index in [0.29, 0.717) is 12.3 Å². The number of amides is 1. The van der Waals surface area contributed by atoms with Crippen LogP contribution < -0.4 is 11.6 Å². The predicted molar refractivity (Wildman–Crippen MR) is 86.4 cm³/mol. The van der Waals surface area contributed by atoms with Gasteiger partial charge in [0.2, 0.25) is 0 Å². The molecule has 0 aliphatic heterocycles. The molecule has 0 saturated heterocycles. The second kappa shape index (κ2) is 8.27. The highest BCUT2D eigenvalue weighted by Crippen LogP contribution is 2.27. The smallest absolute Gasteiger partial charge is 0.267 e. The van der Waals surface area contributed by atoms with Crippen LogP contribution in [0, 0.1) is 5.92 Å². The Morgan fingerprint density at radius 1 is 1.23 bits per heavy atom. The molecule has 1 aliphatic rings. The lowest BCUT2D eigenvalue weighted by Gasteiger charge is -2.28. The third-order valence-electron chi connectivity index (χ3n) is 4.47. The van der Waals surface area contributed by atoms with Crippen LogP contribution in [0.4, 0.5) is 0 Å². The molecule has 0 aromatic heterocycles. The monoisotopic (exact) mass is 305 g/mol. The normalized spacial score (nSPS) is 18.7. The SMILES string of the molecule is N[C@H](CC1CCCCC1)C(O)C(=O)N(N)Cc1ccccc1. The maximum Gasteiger partial charge on any atom is 0.267 e. The average Bonchev–Trinajstić information content (AvgIpc) is 2.55. The number of hydrogen-bond acceptors (Lipinski definition) is 4. The highest BCUT2D eigenvalue weighted by molar-refractivity contribution is 5.80. The minimum atomic E-state index is -1.23. The molecule has 2 atom stereocenters. The highest BCUT2D eigenvalue weighted by Gasteiger charge is 2.29. The van der Waals surface area contributed by atoms with E-state index in [0.717, 1.165) is 23.4 Å². The van der Waals surface area contributed by atoms with Gasteiger partial charge in [-0.3, -0.25) is 9.80 Å². The summed E-state index contributed by atoms with van der Waals surface area (Å²) in [5.41, 5.74) is 6.95. The van der Waals surface area contributed by atoms with E-state index in [1.807, 2.05) is 30.3 Å². The van der Waals surface area contributed by atoms with E-state index in [-0.39, 0.29) is 6.54 Å². The minimum absolute atomic E-state index is 0.271. The number of nitrogens with two attached hydrogens (primary N) is 2. The van der Waals surface area contributed by atoms with Gasteiger partial charge in [-0.05, 0) is 17.9 Å². The number of benzene rings is 1. The van der Waals surface area contributed by atoms with Crippen LogP contribution >= 0.6 is 0 Å². The Labute approximate surface area is 132 Å². The molecule has 1 aromatic carbocycles. The van der Waals surface area contributed by atoms with Crippen molar-refractivity contribution in [2.75, 3.05) is 0 Å². The first kappa shape index (κ1) is 16.9. The molecule has 0 heterocycles. The summed E-state index contributed by atoms with van der Waals surface area (Å²) in [6, 6.07) is 8.92. The van der Waals surface area contributed by atoms with Crippen molar-refractivity contribution in [2.45, 2.75) is 57.2 Å². The topological polar surface area (TPSA) is 92.6 Å². The maximum absolute atomic E-state index is 12.2. The van der Waals surface area contributed by atoms with Crippen LogP contribution in [0.3, 0.4) is 0 Å². The predicted octanol–water partition coefficient (Wildman–Crippen LogP) is 1.55. The molecule has 1 unspecified atom stereocenters. The number of nitrogens with zero attached hydrogens (tertiary/aromatic N) is 1. The molecule has 1 fully saturated rings. The summed E-state index contributed by atoms with van der Waals surface area (Å²) in [5, 5.41) is 11.2. The summed E-state index contributed by atoms with van der Waals surface area (Å²) in [6.07, 6.45) is 5.47. The Balaban J connectivity index is 1.84. The van der Waals surface area contributed by atoms with Gasteiger partial charge in [-0.2, -0.15) is 0 Å². The standard InChI is InChI=1S/C17H27N3O2/c18-15(11-13-7-3-1-4-8-13)16(21)17(22)20(19)12-14-9-5-2-6-10-14/h2,5-6,9-10,13,15-16,21H,1,3-4,7-8,11-12,18-19H2/t15-,16?/m1/s1. The Kier molecular flexibility index (Phi) is 6.36. The number of carbonyl (C=O) groups excluding carboxylic acids is 1. The number of carbonyl (C=O) groups is 1. The second-order valence-electron chi connectivity index (χ2n) is 6.30. The molecular formula is C17H27N3O2. The molecule has 0 bridgehead atoms. The lowest BCUT2D eigenvalue weighted by Crippen LogP contribution is -2.51. The van der Waals surface area contributed by atoms with Crippen LogP contribution in [0.25, 0.3) is 0 Å². The van der Waals surface area contributed by atoms with Gasteiger partial charge in [0.1, 0.15) is 6.10 Å². The largest absolute Gasteiger partial charge is 0.382 e. The summed E-state index contributed by atoms with van der Waals surface area (Å²) in [5.74, 6) is 5.80. The molecular weight excluding hydrogens is 278 g/mol. The Morgan fingerprint density at radius 2 is 1.86 bits per heavy atom. The molecule has 5 heteroatoms. The number of hydrazine groups is 1. The molecule has 1 amide bonds. The van der Waals surface area contributed by atoms with Crippen molar-refractivity contribution < 1.29 is 9.90 Å². The van der Waals surface area contributed by atoms with Crippen LogP contribution in [-0.2, 0) is 11.3 Å². The average molecular weight is 305 g/mol. The first-order chi connectivity index (χ1) is 10.6. The van der Waals surface area contributed by atoms with Crippen LogP contribution in [-0.4, -0.2) is 28.2 Å². The Hall–Kier alpha value is -1.43. The van der Waals surface area contributed by atoms with E-state index in [1.165, 1.54) is 19.3 Å². The fourth-order valence-electron chi connectivity index (χ4n) is 3.15. The van der Waals surface area contributed by atoms with Gasteiger partial charge in [-0.25, -0.2) is 5.84 Å². The second-order valence-corrected chi connectivity index (χ2v) is 6.30. The van der Waals surface area contributed by atoms with Gasteiger partial charge in [-0.15, -0.1) is 0 Å². The minimum Gasteiger partial charge on any atom is -0.382 e. The molecule has 5 nitrogen and oxygen atoms in total. The molecule has 5 N–H and O–H groups in total. The van der Waals surface area contributed by atoms with Gasteiger partial charge < -0.3 is 10.8 Å². The van der Waals surface area contributed by atoms with Crippen molar-refractivity contribution in [3.05, 3.63) is 35.9 Å². The van der Waals surface area contributed by atoms with E-state index >= 15 is 0 Å². The van der Waals surface area contributed by atoms with E-state index in [2.05, 4.69) is 0 Å². The lowest BCUT2D eigenvalue weighted by atomic mass is 9.84. The van der Waals surface area contributed by atoms with Crippen LogP contribution in [0.15, 0.2) is 30.3 Å². The lowest BCUT2D eigenvalue weighted by molar-refractivity contribution is -0.142. The van der Waals surface area contributed by atoms with Crippen LogP contribution in [0.1, 0.15) is 44.1 Å². The van der Waals surface area contributed by atoms with Crippen molar-refractivity contribution in [1.29, 1.82) is 0 Å². The van der Waals surface area contributed by atoms with E-state index < -0.39 is 18.1 Å². The molecule has 1 aliphatic carbocycles.